The standard InChI is InChI=1S/C46H54N10O4/c1-28-24-33(10-14-37(28)31(4)49-43(59)44-51-45(54-60-44)46(5,6)7)30(3)52-53-40-16-11-34(26-48-40)32-8-12-36(13-9-32)56-22-20-55(21-23-56)19-18-35-25-29(2)39(27-47-35)38-15-17-41(57)50-42(38)58/h8-14,16,24-27,31,38H,15,17-23H2,1-7H3,(H,48,53)(H,49,59)(H,50,57,58)/b52-30+/t31-,38?/m1/s1. The average Bonchev–Trinajstić information content (AvgIpc) is 3.75. The molecule has 0 aliphatic carbocycles. The SMILES string of the molecule is C/C(=N\Nc1ccc(-c2ccc(N3CCN(CCc4cc(C)c(C5CCC(=O)NC5=O)cn4)CC3)cc2)cn1)c1ccc([C@@H](C)NC(=O)c2nc(C(C)(C)C)no2)c(C)c1. The first kappa shape index (κ1) is 41.9. The van der Waals surface area contributed by atoms with E-state index in [0.29, 0.717) is 24.5 Å². The van der Waals surface area contributed by atoms with Gasteiger partial charge in [0, 0.05) is 80.3 Å². The predicted octanol–water partition coefficient (Wildman–Crippen LogP) is 6.65. The number of amides is 3. The number of nitrogens with zero attached hydrogens (tertiary/aromatic N) is 7. The van der Waals surface area contributed by atoms with Crippen molar-refractivity contribution in [1.29, 1.82) is 0 Å². The van der Waals surface area contributed by atoms with Crippen LogP contribution >= 0.6 is 0 Å². The molecule has 60 heavy (non-hydrogen) atoms. The fraction of sp³-hybridized carbons (Fsp3) is 0.391. The number of anilines is 2. The van der Waals surface area contributed by atoms with Crippen LogP contribution in [-0.2, 0) is 21.4 Å². The summed E-state index contributed by atoms with van der Waals surface area (Å²) in [5.74, 6) is -0.0597. The highest BCUT2D eigenvalue weighted by atomic mass is 16.5. The van der Waals surface area contributed by atoms with Crippen LogP contribution in [0.2, 0.25) is 0 Å². The van der Waals surface area contributed by atoms with Gasteiger partial charge in [-0.15, -0.1) is 0 Å². The van der Waals surface area contributed by atoms with Gasteiger partial charge in [0.25, 0.3) is 0 Å². The lowest BCUT2D eigenvalue weighted by Gasteiger charge is -2.36. The van der Waals surface area contributed by atoms with Crippen molar-refractivity contribution < 1.29 is 18.9 Å². The van der Waals surface area contributed by atoms with E-state index in [2.05, 4.69) is 87.5 Å². The highest BCUT2D eigenvalue weighted by Crippen LogP contribution is 2.28. The number of aryl methyl sites for hydroxylation is 2. The number of hydrazone groups is 1. The molecule has 2 aliphatic heterocycles. The molecule has 3 amide bonds. The maximum Gasteiger partial charge on any atom is 0.315 e. The molecule has 2 atom stereocenters. The average molecular weight is 811 g/mol. The Morgan fingerprint density at radius 3 is 2.35 bits per heavy atom. The molecule has 1 unspecified atom stereocenters. The van der Waals surface area contributed by atoms with Crippen molar-refractivity contribution >= 4 is 34.9 Å². The molecule has 2 aromatic carbocycles. The number of hydrogen-bond donors (Lipinski definition) is 3. The molecule has 14 nitrogen and oxygen atoms in total. The third-order valence-corrected chi connectivity index (χ3v) is 11.3. The van der Waals surface area contributed by atoms with Gasteiger partial charge in [-0.05, 0) is 104 Å². The molecule has 0 bridgehead atoms. The highest BCUT2D eigenvalue weighted by molar-refractivity contribution is 6.01. The lowest BCUT2D eigenvalue weighted by atomic mass is 9.88. The molecule has 0 spiro atoms. The van der Waals surface area contributed by atoms with Crippen molar-refractivity contribution in [2.24, 2.45) is 5.10 Å². The zero-order valence-electron chi connectivity index (χ0n) is 35.5. The lowest BCUT2D eigenvalue weighted by molar-refractivity contribution is -0.134. The zero-order chi connectivity index (χ0) is 42.6. The number of piperazine rings is 1. The van der Waals surface area contributed by atoms with Gasteiger partial charge < -0.3 is 14.7 Å². The second-order valence-corrected chi connectivity index (χ2v) is 16.8. The molecule has 3 aromatic heterocycles. The normalized spacial score (nSPS) is 17.0. The molecule has 14 heteroatoms. The Hall–Kier alpha value is -6.28. The van der Waals surface area contributed by atoms with E-state index >= 15 is 0 Å². The van der Waals surface area contributed by atoms with Crippen molar-refractivity contribution in [2.45, 2.75) is 85.1 Å². The fourth-order valence-corrected chi connectivity index (χ4v) is 7.66. The maximum atomic E-state index is 12.8. The molecular formula is C46H54N10O4. The zero-order valence-corrected chi connectivity index (χ0v) is 35.5. The van der Waals surface area contributed by atoms with Crippen LogP contribution in [0.3, 0.4) is 0 Å². The maximum absolute atomic E-state index is 12.8. The monoisotopic (exact) mass is 810 g/mol. The number of hydrogen-bond acceptors (Lipinski definition) is 12. The smallest absolute Gasteiger partial charge is 0.315 e. The summed E-state index contributed by atoms with van der Waals surface area (Å²) in [5.41, 5.74) is 12.8. The van der Waals surface area contributed by atoms with E-state index in [1.54, 1.807) is 0 Å². The van der Waals surface area contributed by atoms with E-state index in [1.165, 1.54) is 5.69 Å². The molecule has 2 aliphatic rings. The van der Waals surface area contributed by atoms with Gasteiger partial charge in [0.1, 0.15) is 5.82 Å². The Labute approximate surface area is 351 Å². The van der Waals surface area contributed by atoms with E-state index in [9.17, 15) is 14.4 Å². The highest BCUT2D eigenvalue weighted by Gasteiger charge is 2.30. The van der Waals surface area contributed by atoms with Crippen molar-refractivity contribution in [3.05, 3.63) is 118 Å². The van der Waals surface area contributed by atoms with Crippen LogP contribution < -0.4 is 21.0 Å². The number of benzene rings is 2. The summed E-state index contributed by atoms with van der Waals surface area (Å²) in [4.78, 5) is 55.2. The third-order valence-electron chi connectivity index (χ3n) is 11.3. The van der Waals surface area contributed by atoms with Gasteiger partial charge in [-0.3, -0.25) is 35.0 Å². The van der Waals surface area contributed by atoms with Gasteiger partial charge in [0.05, 0.1) is 17.7 Å². The predicted molar refractivity (Wildman–Crippen MR) is 232 cm³/mol. The minimum Gasteiger partial charge on any atom is -0.369 e. The van der Waals surface area contributed by atoms with Crippen LogP contribution in [0.15, 0.2) is 82.7 Å². The number of carbonyl (C=O) groups excluding carboxylic acids is 3. The number of piperidine rings is 1. The van der Waals surface area contributed by atoms with E-state index in [-0.39, 0.29) is 35.1 Å². The molecule has 0 saturated carbocycles. The molecular weight excluding hydrogens is 757 g/mol. The Bertz CT molecular complexity index is 2380. The molecule has 0 radical (unpaired) electrons. The van der Waals surface area contributed by atoms with E-state index in [4.69, 9.17) is 4.52 Å². The topological polar surface area (TPSA) is 171 Å². The second-order valence-electron chi connectivity index (χ2n) is 16.8. The number of imide groups is 1. The minimum atomic E-state index is -0.409. The molecule has 2 fully saturated rings. The summed E-state index contributed by atoms with van der Waals surface area (Å²) in [6, 6.07) is 20.5. The molecule has 5 aromatic rings. The third kappa shape index (κ3) is 9.94. The Morgan fingerprint density at radius 1 is 0.950 bits per heavy atom. The first-order valence-electron chi connectivity index (χ1n) is 20.6. The first-order chi connectivity index (χ1) is 28.7. The van der Waals surface area contributed by atoms with Gasteiger partial charge in [-0.1, -0.05) is 50.2 Å². The van der Waals surface area contributed by atoms with Crippen molar-refractivity contribution in [1.82, 2.24) is 35.6 Å². The first-order valence-corrected chi connectivity index (χ1v) is 20.6. The van der Waals surface area contributed by atoms with Crippen molar-refractivity contribution in [3.63, 3.8) is 0 Å². The molecule has 2 saturated heterocycles. The van der Waals surface area contributed by atoms with Gasteiger partial charge in [0.2, 0.25) is 11.8 Å². The summed E-state index contributed by atoms with van der Waals surface area (Å²) >= 11 is 0. The van der Waals surface area contributed by atoms with Gasteiger partial charge >= 0.3 is 11.8 Å². The number of carbonyl (C=O) groups is 3. The second kappa shape index (κ2) is 17.9. The van der Waals surface area contributed by atoms with E-state index in [1.807, 2.05) is 85.1 Å². The lowest BCUT2D eigenvalue weighted by Crippen LogP contribution is -2.47. The molecule has 5 heterocycles. The number of nitrogens with one attached hydrogen (secondary N) is 3. The number of rotatable bonds is 12. The van der Waals surface area contributed by atoms with Crippen LogP contribution in [0.4, 0.5) is 11.5 Å². The molecule has 312 valence electrons. The Morgan fingerprint density at radius 2 is 1.70 bits per heavy atom. The van der Waals surface area contributed by atoms with E-state index in [0.717, 1.165) is 89.5 Å². The summed E-state index contributed by atoms with van der Waals surface area (Å²) in [7, 11) is 0. The summed E-state index contributed by atoms with van der Waals surface area (Å²) in [5, 5.41) is 14.0. The quantitative estimate of drug-likeness (QED) is 0.0700. The van der Waals surface area contributed by atoms with Crippen LogP contribution in [0, 0.1) is 13.8 Å². The largest absolute Gasteiger partial charge is 0.369 e. The number of pyridine rings is 2. The van der Waals surface area contributed by atoms with Crippen LogP contribution in [0.5, 0.6) is 0 Å². The molecule has 7 rings (SSSR count). The molecule has 3 N–H and O–H groups in total. The van der Waals surface area contributed by atoms with Gasteiger partial charge in [-0.2, -0.15) is 10.1 Å². The van der Waals surface area contributed by atoms with Crippen molar-refractivity contribution in [3.8, 4) is 11.1 Å². The van der Waals surface area contributed by atoms with Crippen LogP contribution in [0.25, 0.3) is 11.1 Å². The number of aromatic nitrogens is 4. The van der Waals surface area contributed by atoms with Crippen molar-refractivity contribution in [2.75, 3.05) is 43.0 Å². The van der Waals surface area contributed by atoms with Gasteiger partial charge in [-0.25, -0.2) is 4.98 Å². The minimum absolute atomic E-state index is 0.0481. The summed E-state index contributed by atoms with van der Waals surface area (Å²) < 4.78 is 5.21. The van der Waals surface area contributed by atoms with Gasteiger partial charge in [0.15, 0.2) is 5.82 Å². The summed E-state index contributed by atoms with van der Waals surface area (Å²) in [6.07, 6.45) is 5.42. The Kier molecular flexibility index (Phi) is 12.5. The fourth-order valence-electron chi connectivity index (χ4n) is 7.66. The Balaban J connectivity index is 0.864. The van der Waals surface area contributed by atoms with Crippen LogP contribution in [0.1, 0.15) is 109 Å². The van der Waals surface area contributed by atoms with E-state index < -0.39 is 5.91 Å². The van der Waals surface area contributed by atoms with Crippen LogP contribution in [-0.4, -0.2) is 81.2 Å². The summed E-state index contributed by atoms with van der Waals surface area (Å²) in [6.45, 7) is 18.6.